The van der Waals surface area contributed by atoms with Crippen molar-refractivity contribution in [2.75, 3.05) is 26.3 Å². The van der Waals surface area contributed by atoms with E-state index in [9.17, 15) is 0 Å². The van der Waals surface area contributed by atoms with Crippen LogP contribution in [0.5, 0.6) is 0 Å². The molecule has 0 amide bonds. The van der Waals surface area contributed by atoms with Gasteiger partial charge in [-0.3, -0.25) is 4.90 Å². The van der Waals surface area contributed by atoms with Gasteiger partial charge >= 0.3 is 0 Å². The van der Waals surface area contributed by atoms with Gasteiger partial charge in [0.2, 0.25) is 0 Å². The van der Waals surface area contributed by atoms with Crippen molar-refractivity contribution in [3.8, 4) is 0 Å². The van der Waals surface area contributed by atoms with E-state index in [2.05, 4.69) is 32.6 Å². The molecule has 0 saturated carbocycles. The Morgan fingerprint density at radius 2 is 1.43 bits per heavy atom. The van der Waals surface area contributed by atoms with Gasteiger partial charge in [0.25, 0.3) is 0 Å². The monoisotopic (exact) mass is 391 g/mol. The average molecular weight is 392 g/mol. The topological polar surface area (TPSA) is 12.5 Å². The molecule has 2 heterocycles. The number of hydrogen-bond acceptors (Lipinski definition) is 2. The second-order valence-corrected chi connectivity index (χ2v) is 9.40. The van der Waals surface area contributed by atoms with Crippen LogP contribution in [0.1, 0.15) is 111 Å². The Balaban J connectivity index is 2.17. The maximum Gasteiger partial charge on any atom is 0.0645 e. The van der Waals surface area contributed by atoms with Gasteiger partial charge < -0.3 is 4.74 Å². The lowest BCUT2D eigenvalue weighted by Gasteiger charge is -2.43. The Labute approximate surface area is 176 Å². The number of hydrogen-bond donors (Lipinski definition) is 0. The average Bonchev–Trinajstić information content (AvgIpc) is 2.67. The van der Waals surface area contributed by atoms with E-state index < -0.39 is 0 Å². The van der Waals surface area contributed by atoms with Gasteiger partial charge in [-0.1, -0.05) is 90.2 Å². The maximum atomic E-state index is 5.52. The summed E-state index contributed by atoms with van der Waals surface area (Å²) < 4.78 is 5.52. The molecule has 0 spiro atoms. The van der Waals surface area contributed by atoms with Crippen LogP contribution >= 0.6 is 0 Å². The molecule has 1 saturated heterocycles. The Morgan fingerprint density at radius 1 is 0.786 bits per heavy atom. The molecule has 2 atom stereocenters. The van der Waals surface area contributed by atoms with Gasteiger partial charge in [0.05, 0.1) is 19.3 Å². The zero-order valence-corrected chi connectivity index (χ0v) is 19.6. The van der Waals surface area contributed by atoms with Crippen LogP contribution in [0.15, 0.2) is 11.1 Å². The van der Waals surface area contributed by atoms with E-state index in [0.29, 0.717) is 6.04 Å². The van der Waals surface area contributed by atoms with Crippen LogP contribution in [0.2, 0.25) is 0 Å². The van der Waals surface area contributed by atoms with Crippen LogP contribution in [0, 0.1) is 11.8 Å². The van der Waals surface area contributed by atoms with E-state index in [1.54, 1.807) is 0 Å². The van der Waals surface area contributed by atoms with Gasteiger partial charge in [-0.25, -0.2) is 0 Å². The van der Waals surface area contributed by atoms with E-state index >= 15 is 0 Å². The van der Waals surface area contributed by atoms with Crippen molar-refractivity contribution in [3.05, 3.63) is 11.1 Å². The molecule has 0 aromatic carbocycles. The van der Waals surface area contributed by atoms with Gasteiger partial charge in [-0.05, 0) is 43.9 Å². The summed E-state index contributed by atoms with van der Waals surface area (Å²) in [5, 5.41) is 0. The summed E-state index contributed by atoms with van der Waals surface area (Å²) in [5.41, 5.74) is 3.77. The second-order valence-electron chi connectivity index (χ2n) is 9.40. The molecule has 2 nitrogen and oxygen atoms in total. The first kappa shape index (κ1) is 23.9. The molecule has 0 radical (unpaired) electrons. The summed E-state index contributed by atoms with van der Waals surface area (Å²) in [6.45, 7) is 13.9. The zero-order valence-electron chi connectivity index (χ0n) is 19.6. The molecule has 0 bridgehead atoms. The number of unbranched alkanes of at least 4 members (excludes halogenated alkanes) is 5. The van der Waals surface area contributed by atoms with Crippen molar-refractivity contribution in [2.45, 2.75) is 117 Å². The summed E-state index contributed by atoms with van der Waals surface area (Å²) in [6.07, 6.45) is 18.0. The molecule has 0 N–H and O–H groups in total. The van der Waals surface area contributed by atoms with Crippen molar-refractivity contribution in [1.82, 2.24) is 4.90 Å². The van der Waals surface area contributed by atoms with Gasteiger partial charge in [-0.2, -0.15) is 0 Å². The molecule has 2 heteroatoms. The molecule has 28 heavy (non-hydrogen) atoms. The fourth-order valence-corrected chi connectivity index (χ4v) is 5.26. The summed E-state index contributed by atoms with van der Waals surface area (Å²) in [5.74, 6) is 1.68. The molecule has 2 aliphatic rings. The van der Waals surface area contributed by atoms with Gasteiger partial charge in [-0.15, -0.1) is 0 Å². The first-order valence-electron chi connectivity index (χ1n) is 12.8. The molecule has 0 aliphatic carbocycles. The van der Waals surface area contributed by atoms with E-state index in [1.807, 2.05) is 11.1 Å². The zero-order chi connectivity index (χ0) is 20.2. The van der Waals surface area contributed by atoms with Crippen molar-refractivity contribution >= 4 is 0 Å². The van der Waals surface area contributed by atoms with Crippen molar-refractivity contribution in [2.24, 2.45) is 11.8 Å². The highest BCUT2D eigenvalue weighted by Gasteiger charge is 2.33. The van der Waals surface area contributed by atoms with Gasteiger partial charge in [0.15, 0.2) is 0 Å². The molecule has 2 rings (SSSR count). The molecule has 2 unspecified atom stereocenters. The van der Waals surface area contributed by atoms with E-state index in [1.165, 1.54) is 96.6 Å². The summed E-state index contributed by atoms with van der Waals surface area (Å²) in [4.78, 5) is 2.75. The molecule has 1 fully saturated rings. The minimum Gasteiger partial charge on any atom is -0.378 e. The minimum atomic E-state index is 0.693. The van der Waals surface area contributed by atoms with Crippen molar-refractivity contribution in [3.63, 3.8) is 0 Å². The number of rotatable bonds is 15. The normalized spacial score (nSPS) is 21.0. The number of nitrogens with zero attached hydrogens (tertiary/aromatic N) is 1. The lowest BCUT2D eigenvalue weighted by molar-refractivity contribution is -0.0642. The Kier molecular flexibility index (Phi) is 11.8. The van der Waals surface area contributed by atoms with Crippen LogP contribution in [0.4, 0.5) is 0 Å². The third kappa shape index (κ3) is 7.17. The Bertz CT molecular complexity index is 440. The highest BCUT2D eigenvalue weighted by atomic mass is 16.5. The first-order valence-corrected chi connectivity index (χ1v) is 12.8. The summed E-state index contributed by atoms with van der Waals surface area (Å²) in [6, 6.07) is 0.693. The van der Waals surface area contributed by atoms with Crippen molar-refractivity contribution in [1.29, 1.82) is 0 Å². The lowest BCUT2D eigenvalue weighted by Crippen LogP contribution is -2.52. The Morgan fingerprint density at radius 3 is 2.00 bits per heavy atom. The maximum absolute atomic E-state index is 5.52. The molecular weight excluding hydrogens is 342 g/mol. The minimum absolute atomic E-state index is 0.693. The van der Waals surface area contributed by atoms with Gasteiger partial charge in [0.1, 0.15) is 0 Å². The largest absolute Gasteiger partial charge is 0.378 e. The first-order chi connectivity index (χ1) is 13.7. The molecule has 0 aromatic rings. The van der Waals surface area contributed by atoms with E-state index in [0.717, 1.165) is 25.0 Å². The third-order valence-electron chi connectivity index (χ3n) is 7.29. The molecule has 0 aromatic heterocycles. The highest BCUT2D eigenvalue weighted by molar-refractivity contribution is 5.25. The molecule has 2 aliphatic heterocycles. The fourth-order valence-electron chi connectivity index (χ4n) is 5.26. The quantitative estimate of drug-likeness (QED) is 0.213. The van der Waals surface area contributed by atoms with Crippen LogP contribution < -0.4 is 0 Å². The third-order valence-corrected chi connectivity index (χ3v) is 7.29. The van der Waals surface area contributed by atoms with Crippen LogP contribution in [0.25, 0.3) is 0 Å². The Hall–Kier alpha value is -0.340. The van der Waals surface area contributed by atoms with E-state index in [4.69, 9.17) is 4.74 Å². The molecule has 164 valence electrons. The lowest BCUT2D eigenvalue weighted by atomic mass is 9.76. The number of ether oxygens (including phenoxy) is 1. The van der Waals surface area contributed by atoms with E-state index in [-0.39, 0.29) is 0 Å². The van der Waals surface area contributed by atoms with Crippen LogP contribution in [0.3, 0.4) is 0 Å². The fraction of sp³-hybridized carbons (Fsp3) is 0.923. The van der Waals surface area contributed by atoms with Crippen molar-refractivity contribution < 1.29 is 4.74 Å². The van der Waals surface area contributed by atoms with Gasteiger partial charge in [0, 0.05) is 13.1 Å². The summed E-state index contributed by atoms with van der Waals surface area (Å²) >= 11 is 0. The molecular formula is C26H49NO. The van der Waals surface area contributed by atoms with Crippen LogP contribution in [-0.4, -0.2) is 37.2 Å². The standard InChI is InChI=1S/C26H49NO/c1-5-9-12-13-16-23(15-11-7-3)25-17-18-27(24-20-28-21-24)19-26(25)22(8-4)14-10-6-2/h22-24H,5-21H2,1-4H3. The smallest absolute Gasteiger partial charge is 0.0645 e. The summed E-state index contributed by atoms with van der Waals surface area (Å²) in [7, 11) is 0. The van der Waals surface area contributed by atoms with Crippen LogP contribution in [-0.2, 0) is 4.74 Å². The predicted octanol–water partition coefficient (Wildman–Crippen LogP) is 7.38. The second kappa shape index (κ2) is 13.8. The predicted molar refractivity (Wildman–Crippen MR) is 123 cm³/mol. The highest BCUT2D eigenvalue weighted by Crippen LogP contribution is 2.38. The SMILES string of the molecule is CCCCCCC(CCCC)C1=C(C(CC)CCCC)CN(C2COC2)CC1.